The summed E-state index contributed by atoms with van der Waals surface area (Å²) in [5, 5.41) is 33.0. The van der Waals surface area contributed by atoms with Gasteiger partial charge in [0, 0.05) is 37.9 Å². The SMILES string of the molecule is CCCCN(CC(=O)O)S(=O)(=O)c1ccc(N2CCC(NC[C@@H](O)c3ccc(O)c(NS(C)(=O)=O)c3)CC2)cc1. The summed E-state index contributed by atoms with van der Waals surface area (Å²) >= 11 is 0. The zero-order valence-electron chi connectivity index (χ0n) is 22.7. The Labute approximate surface area is 235 Å². The molecule has 1 fully saturated rings. The molecule has 2 aromatic rings. The quantitative estimate of drug-likeness (QED) is 0.202. The number of piperidine rings is 1. The Kier molecular flexibility index (Phi) is 10.8. The van der Waals surface area contributed by atoms with Crippen molar-refractivity contribution in [1.82, 2.24) is 9.62 Å². The average Bonchev–Trinajstić information content (AvgIpc) is 2.90. The first-order valence-electron chi connectivity index (χ1n) is 13.1. The van der Waals surface area contributed by atoms with Gasteiger partial charge in [-0.1, -0.05) is 19.4 Å². The fraction of sp³-hybridized carbons (Fsp3) is 0.500. The van der Waals surface area contributed by atoms with E-state index in [4.69, 9.17) is 5.11 Å². The van der Waals surface area contributed by atoms with Crippen molar-refractivity contribution in [3.05, 3.63) is 48.0 Å². The van der Waals surface area contributed by atoms with Crippen LogP contribution in [0.2, 0.25) is 0 Å². The van der Waals surface area contributed by atoms with Crippen LogP contribution in [0, 0.1) is 0 Å². The number of sulfonamides is 2. The number of rotatable bonds is 14. The molecule has 1 aliphatic heterocycles. The zero-order chi connectivity index (χ0) is 29.5. The molecule has 0 saturated carbocycles. The zero-order valence-corrected chi connectivity index (χ0v) is 24.3. The van der Waals surface area contributed by atoms with Crippen molar-refractivity contribution in [2.24, 2.45) is 0 Å². The summed E-state index contributed by atoms with van der Waals surface area (Å²) in [5.74, 6) is -1.43. The number of aliphatic hydroxyl groups excluding tert-OH is 1. The summed E-state index contributed by atoms with van der Waals surface area (Å²) in [4.78, 5) is 13.4. The standard InChI is InChI=1S/C26H38N4O8S2/c1-3-4-13-30(18-26(33)34)40(37,38)22-8-6-21(7-9-22)29-14-11-20(12-15-29)27-17-25(32)19-5-10-24(31)23(16-19)28-39(2,35)36/h5-10,16,20,25,27-28,31-32H,3-4,11-15,17-18H2,1-2H3,(H,33,34)/t25-/m1/s1. The Morgan fingerprint density at radius 1 is 1.10 bits per heavy atom. The van der Waals surface area contributed by atoms with Gasteiger partial charge in [-0.3, -0.25) is 9.52 Å². The highest BCUT2D eigenvalue weighted by Crippen LogP contribution is 2.28. The number of phenols is 1. The second-order valence-electron chi connectivity index (χ2n) is 9.92. The van der Waals surface area contributed by atoms with Crippen molar-refractivity contribution < 1.29 is 36.9 Å². The lowest BCUT2D eigenvalue weighted by molar-refractivity contribution is -0.137. The number of phenolic OH excluding ortho intramolecular Hbond substituents is 1. The molecule has 1 saturated heterocycles. The second kappa shape index (κ2) is 13.6. The van der Waals surface area contributed by atoms with Gasteiger partial charge in [0.1, 0.15) is 12.3 Å². The van der Waals surface area contributed by atoms with E-state index < -0.39 is 38.7 Å². The fourth-order valence-corrected chi connectivity index (χ4v) is 6.52. The van der Waals surface area contributed by atoms with Gasteiger partial charge in [-0.15, -0.1) is 0 Å². The lowest BCUT2D eigenvalue weighted by Gasteiger charge is -2.34. The third-order valence-corrected chi connectivity index (χ3v) is 9.16. The molecule has 1 atom stereocenters. The molecule has 0 bridgehead atoms. The first-order chi connectivity index (χ1) is 18.8. The van der Waals surface area contributed by atoms with Crippen LogP contribution in [0.4, 0.5) is 11.4 Å². The Morgan fingerprint density at radius 3 is 2.33 bits per heavy atom. The molecule has 3 rings (SSSR count). The maximum atomic E-state index is 13.0. The Morgan fingerprint density at radius 2 is 1.75 bits per heavy atom. The number of carbonyl (C=O) groups is 1. The van der Waals surface area contributed by atoms with E-state index in [0.717, 1.165) is 35.5 Å². The van der Waals surface area contributed by atoms with Crippen molar-refractivity contribution in [2.45, 2.75) is 49.6 Å². The van der Waals surface area contributed by atoms with Gasteiger partial charge in [0.25, 0.3) is 0 Å². The third-order valence-electron chi connectivity index (χ3n) is 6.71. The normalized spacial score (nSPS) is 15.8. The van der Waals surface area contributed by atoms with Gasteiger partial charge in [0.15, 0.2) is 0 Å². The molecule has 0 unspecified atom stereocenters. The lowest BCUT2D eigenvalue weighted by atomic mass is 10.0. The molecule has 12 nitrogen and oxygen atoms in total. The second-order valence-corrected chi connectivity index (χ2v) is 13.6. The lowest BCUT2D eigenvalue weighted by Crippen LogP contribution is -2.43. The Balaban J connectivity index is 1.55. The van der Waals surface area contributed by atoms with Crippen LogP contribution in [0.15, 0.2) is 47.4 Å². The van der Waals surface area contributed by atoms with E-state index in [9.17, 15) is 31.8 Å². The number of unbranched alkanes of at least 4 members (excludes halogenated alkanes) is 1. The van der Waals surface area contributed by atoms with E-state index >= 15 is 0 Å². The van der Waals surface area contributed by atoms with Gasteiger partial charge in [-0.25, -0.2) is 16.8 Å². The van der Waals surface area contributed by atoms with Crippen LogP contribution >= 0.6 is 0 Å². The molecule has 0 aromatic heterocycles. The van der Waals surface area contributed by atoms with Crippen LogP contribution in [0.3, 0.4) is 0 Å². The van der Waals surface area contributed by atoms with Crippen molar-refractivity contribution in [3.8, 4) is 5.75 Å². The number of nitrogens with zero attached hydrogens (tertiary/aromatic N) is 2. The first-order valence-corrected chi connectivity index (χ1v) is 16.4. The molecule has 40 heavy (non-hydrogen) atoms. The number of carboxylic acids is 1. The molecular weight excluding hydrogens is 560 g/mol. The topological polar surface area (TPSA) is 177 Å². The number of nitrogens with one attached hydrogen (secondary N) is 2. The van der Waals surface area contributed by atoms with Gasteiger partial charge < -0.3 is 25.5 Å². The van der Waals surface area contributed by atoms with Gasteiger partial charge in [-0.05, 0) is 61.2 Å². The molecule has 222 valence electrons. The highest BCUT2D eigenvalue weighted by atomic mass is 32.2. The summed E-state index contributed by atoms with van der Waals surface area (Å²) in [6.45, 7) is 3.14. The highest BCUT2D eigenvalue weighted by molar-refractivity contribution is 7.92. The molecule has 2 aromatic carbocycles. The summed E-state index contributed by atoms with van der Waals surface area (Å²) in [5.41, 5.74) is 1.33. The predicted octanol–water partition coefficient (Wildman–Crippen LogP) is 1.93. The van der Waals surface area contributed by atoms with Crippen LogP contribution in [0.1, 0.15) is 44.3 Å². The Bertz CT molecular complexity index is 1360. The van der Waals surface area contributed by atoms with Gasteiger partial charge >= 0.3 is 5.97 Å². The highest BCUT2D eigenvalue weighted by Gasteiger charge is 2.27. The van der Waals surface area contributed by atoms with E-state index in [2.05, 4.69) is 14.9 Å². The number of hydrogen-bond donors (Lipinski definition) is 5. The minimum absolute atomic E-state index is 0.00160. The van der Waals surface area contributed by atoms with Crippen molar-refractivity contribution >= 4 is 37.4 Å². The van der Waals surface area contributed by atoms with E-state index in [1.807, 2.05) is 6.92 Å². The molecule has 0 amide bonds. The number of aliphatic carboxylic acids is 1. The maximum absolute atomic E-state index is 13.0. The Hall–Kier alpha value is -2.91. The molecule has 0 spiro atoms. The van der Waals surface area contributed by atoms with Gasteiger partial charge in [0.2, 0.25) is 20.0 Å². The number of aliphatic hydroxyl groups is 1. The molecule has 1 aliphatic rings. The van der Waals surface area contributed by atoms with E-state index in [1.165, 1.54) is 30.3 Å². The predicted molar refractivity (Wildman–Crippen MR) is 153 cm³/mol. The maximum Gasteiger partial charge on any atom is 0.318 e. The van der Waals surface area contributed by atoms with Crippen molar-refractivity contribution in [2.75, 3.05) is 48.6 Å². The van der Waals surface area contributed by atoms with Crippen molar-refractivity contribution in [1.29, 1.82) is 0 Å². The van der Waals surface area contributed by atoms with Crippen LogP contribution in [0.25, 0.3) is 0 Å². The van der Waals surface area contributed by atoms with Crippen LogP contribution in [-0.4, -0.2) is 87.5 Å². The van der Waals surface area contributed by atoms with Crippen molar-refractivity contribution in [3.63, 3.8) is 0 Å². The average molecular weight is 599 g/mol. The molecule has 0 radical (unpaired) electrons. The summed E-state index contributed by atoms with van der Waals surface area (Å²) in [7, 11) is -7.51. The number of benzene rings is 2. The van der Waals surface area contributed by atoms with E-state index in [0.29, 0.717) is 25.1 Å². The van der Waals surface area contributed by atoms with Gasteiger partial charge in [0.05, 0.1) is 22.9 Å². The number of aromatic hydroxyl groups is 1. The monoisotopic (exact) mass is 598 g/mol. The van der Waals surface area contributed by atoms with Crippen LogP contribution < -0.4 is 14.9 Å². The van der Waals surface area contributed by atoms with Gasteiger partial charge in [-0.2, -0.15) is 4.31 Å². The van der Waals surface area contributed by atoms with E-state index in [1.54, 1.807) is 12.1 Å². The fourth-order valence-electron chi connectivity index (χ4n) is 4.53. The molecule has 1 heterocycles. The number of hydrogen-bond acceptors (Lipinski definition) is 9. The van der Waals surface area contributed by atoms with Crippen LogP contribution in [0.5, 0.6) is 5.75 Å². The summed E-state index contributed by atoms with van der Waals surface area (Å²) in [6.07, 6.45) is 2.95. The number of carboxylic acid groups (broad SMARTS) is 1. The largest absolute Gasteiger partial charge is 0.506 e. The third kappa shape index (κ3) is 8.80. The minimum atomic E-state index is -3.92. The molecular formula is C26H38N4O8S2. The van der Waals surface area contributed by atoms with Crippen LogP contribution in [-0.2, 0) is 24.8 Å². The summed E-state index contributed by atoms with van der Waals surface area (Å²) in [6, 6.07) is 10.9. The molecule has 5 N–H and O–H groups in total. The number of anilines is 2. The molecule has 0 aliphatic carbocycles. The first kappa shape index (κ1) is 31.6. The minimum Gasteiger partial charge on any atom is -0.506 e. The summed E-state index contributed by atoms with van der Waals surface area (Å²) < 4.78 is 52.3. The smallest absolute Gasteiger partial charge is 0.318 e. The molecule has 14 heteroatoms. The van der Waals surface area contributed by atoms with E-state index in [-0.39, 0.29) is 35.5 Å².